The number of fused-ring (bicyclic) bond motifs is 1. The molecule has 0 N–H and O–H groups in total. The topological polar surface area (TPSA) is 96.0 Å². The maximum Gasteiger partial charge on any atom is 0.309 e. The normalized spacial score (nSPS) is 32.1. The summed E-state index contributed by atoms with van der Waals surface area (Å²) < 4.78 is 44.4. The number of ether oxygens (including phenoxy) is 2. The van der Waals surface area contributed by atoms with Gasteiger partial charge in [0.1, 0.15) is 6.10 Å². The minimum absolute atomic E-state index is 0.152. The highest BCUT2D eigenvalue weighted by molar-refractivity contribution is 7.85. The molecule has 4 atom stereocenters. The molecule has 0 aromatic rings. The molecule has 0 spiro atoms. The number of esters is 1. The molecule has 8 heteroatoms. The van der Waals surface area contributed by atoms with Gasteiger partial charge in [0.2, 0.25) is 0 Å². The summed E-state index contributed by atoms with van der Waals surface area (Å²) in [6, 6.07) is 0. The van der Waals surface area contributed by atoms with Crippen molar-refractivity contribution in [1.82, 2.24) is 4.90 Å². The molecule has 0 amide bonds. The molecular formula is C17H28NO6S-. The molecule has 1 heterocycles. The molecule has 7 nitrogen and oxygen atoms in total. The van der Waals surface area contributed by atoms with E-state index in [1.54, 1.807) is 0 Å². The molecule has 2 aliphatic carbocycles. The van der Waals surface area contributed by atoms with Crippen LogP contribution in [0.5, 0.6) is 0 Å². The average molecular weight is 374 g/mol. The van der Waals surface area contributed by atoms with Crippen LogP contribution in [0.4, 0.5) is 0 Å². The third-order valence-electron chi connectivity index (χ3n) is 5.86. The van der Waals surface area contributed by atoms with Crippen LogP contribution in [0.15, 0.2) is 0 Å². The van der Waals surface area contributed by atoms with Gasteiger partial charge in [-0.25, -0.2) is 8.42 Å². The summed E-state index contributed by atoms with van der Waals surface area (Å²) in [5, 5.41) is 0. The van der Waals surface area contributed by atoms with Gasteiger partial charge < -0.3 is 14.0 Å². The zero-order valence-electron chi connectivity index (χ0n) is 14.6. The molecule has 144 valence electrons. The summed E-state index contributed by atoms with van der Waals surface area (Å²) in [4.78, 5) is 14.5. The second-order valence-electron chi connectivity index (χ2n) is 7.66. The van der Waals surface area contributed by atoms with Crippen molar-refractivity contribution in [3.8, 4) is 0 Å². The summed E-state index contributed by atoms with van der Waals surface area (Å²) in [7, 11) is -4.45. The standard InChI is InChI=1S/C17H29NO6S/c19-17(15-5-4-13-2-1-3-14(13)10-15)24-16(12-25(20,21)22)11-18-6-8-23-9-7-18/h13-16H,1-12H2,(H,20,21,22)/p-1. The van der Waals surface area contributed by atoms with E-state index in [9.17, 15) is 17.8 Å². The van der Waals surface area contributed by atoms with Gasteiger partial charge in [0.05, 0.1) is 35.0 Å². The third kappa shape index (κ3) is 5.64. The Balaban J connectivity index is 1.57. The molecule has 2 saturated carbocycles. The summed E-state index contributed by atoms with van der Waals surface area (Å²) in [6.45, 7) is 2.71. The number of carbonyl (C=O) groups is 1. The molecular weight excluding hydrogens is 346 g/mol. The second-order valence-corrected chi connectivity index (χ2v) is 9.11. The van der Waals surface area contributed by atoms with E-state index in [2.05, 4.69) is 0 Å². The van der Waals surface area contributed by atoms with Gasteiger partial charge in [-0.2, -0.15) is 0 Å². The first-order chi connectivity index (χ1) is 11.9. The maximum atomic E-state index is 12.6. The Morgan fingerprint density at radius 1 is 1.16 bits per heavy atom. The van der Waals surface area contributed by atoms with Crippen molar-refractivity contribution in [3.05, 3.63) is 0 Å². The molecule has 1 saturated heterocycles. The van der Waals surface area contributed by atoms with Crippen LogP contribution >= 0.6 is 0 Å². The van der Waals surface area contributed by atoms with E-state index in [1.165, 1.54) is 19.3 Å². The lowest BCUT2D eigenvalue weighted by Gasteiger charge is -2.33. The molecule has 0 radical (unpaired) electrons. The van der Waals surface area contributed by atoms with E-state index >= 15 is 0 Å². The first-order valence-corrected chi connectivity index (χ1v) is 10.9. The van der Waals surface area contributed by atoms with E-state index in [4.69, 9.17) is 9.47 Å². The van der Waals surface area contributed by atoms with Gasteiger partial charge in [0.25, 0.3) is 0 Å². The molecule has 0 aromatic carbocycles. The van der Waals surface area contributed by atoms with Crippen LogP contribution in [-0.4, -0.2) is 68.5 Å². The monoisotopic (exact) mass is 374 g/mol. The van der Waals surface area contributed by atoms with Crippen LogP contribution < -0.4 is 0 Å². The molecule has 3 rings (SSSR count). The van der Waals surface area contributed by atoms with Crippen molar-refractivity contribution >= 4 is 16.1 Å². The van der Waals surface area contributed by atoms with Crippen molar-refractivity contribution in [2.24, 2.45) is 17.8 Å². The first kappa shape index (κ1) is 19.1. The van der Waals surface area contributed by atoms with Gasteiger partial charge >= 0.3 is 5.97 Å². The second kappa shape index (κ2) is 8.33. The van der Waals surface area contributed by atoms with Gasteiger partial charge in [-0.15, -0.1) is 0 Å². The Labute approximate surface area is 149 Å². The van der Waals surface area contributed by atoms with Crippen LogP contribution in [-0.2, 0) is 24.4 Å². The number of morpholine rings is 1. The van der Waals surface area contributed by atoms with Gasteiger partial charge in [0.15, 0.2) is 0 Å². The van der Waals surface area contributed by atoms with Gasteiger partial charge in [-0.1, -0.05) is 19.3 Å². The Bertz CT molecular complexity index is 559. The highest BCUT2D eigenvalue weighted by atomic mass is 32.2. The summed E-state index contributed by atoms with van der Waals surface area (Å²) in [5.41, 5.74) is 0. The van der Waals surface area contributed by atoms with Crippen LogP contribution in [0.2, 0.25) is 0 Å². The Hall–Kier alpha value is -0.700. The van der Waals surface area contributed by atoms with E-state index in [1.807, 2.05) is 4.90 Å². The third-order valence-corrected chi connectivity index (χ3v) is 6.64. The van der Waals surface area contributed by atoms with Crippen molar-refractivity contribution in [2.75, 3.05) is 38.6 Å². The lowest BCUT2D eigenvalue weighted by molar-refractivity contribution is -0.156. The van der Waals surface area contributed by atoms with Crippen molar-refractivity contribution < 1.29 is 27.2 Å². The fourth-order valence-electron chi connectivity index (χ4n) is 4.60. The quantitative estimate of drug-likeness (QED) is 0.505. The molecule has 0 bridgehead atoms. The van der Waals surface area contributed by atoms with E-state index in [0.717, 1.165) is 25.2 Å². The van der Waals surface area contributed by atoms with Crippen LogP contribution in [0.25, 0.3) is 0 Å². The van der Waals surface area contributed by atoms with E-state index < -0.39 is 22.0 Å². The molecule has 3 aliphatic rings. The smallest absolute Gasteiger partial charge is 0.309 e. The van der Waals surface area contributed by atoms with Crippen LogP contribution in [0.1, 0.15) is 38.5 Å². The molecule has 3 fully saturated rings. The number of rotatable bonds is 6. The summed E-state index contributed by atoms with van der Waals surface area (Å²) in [6.07, 6.45) is 5.51. The zero-order valence-corrected chi connectivity index (χ0v) is 15.4. The summed E-state index contributed by atoms with van der Waals surface area (Å²) >= 11 is 0. The lowest BCUT2D eigenvalue weighted by atomic mass is 9.76. The van der Waals surface area contributed by atoms with E-state index in [-0.39, 0.29) is 18.4 Å². The molecule has 4 unspecified atom stereocenters. The predicted octanol–water partition coefficient (Wildman–Crippen LogP) is 0.992. The fraction of sp³-hybridized carbons (Fsp3) is 0.941. The predicted molar refractivity (Wildman–Crippen MR) is 89.9 cm³/mol. The number of carbonyl (C=O) groups excluding carboxylic acids is 1. The SMILES string of the molecule is O=C(OC(CN1CCOCC1)CS(=O)(=O)[O-])C1CCC2CCCC2C1. The van der Waals surface area contributed by atoms with Crippen molar-refractivity contribution in [3.63, 3.8) is 0 Å². The van der Waals surface area contributed by atoms with Gasteiger partial charge in [-0.3, -0.25) is 9.69 Å². The van der Waals surface area contributed by atoms with Crippen LogP contribution in [0, 0.1) is 17.8 Å². The molecule has 25 heavy (non-hydrogen) atoms. The fourth-order valence-corrected chi connectivity index (χ4v) is 5.23. The number of hydrogen-bond acceptors (Lipinski definition) is 7. The minimum Gasteiger partial charge on any atom is -0.748 e. The Morgan fingerprint density at radius 3 is 2.60 bits per heavy atom. The Kier molecular flexibility index (Phi) is 6.35. The first-order valence-electron chi connectivity index (χ1n) is 9.35. The largest absolute Gasteiger partial charge is 0.748 e. The molecule has 0 aromatic heterocycles. The van der Waals surface area contributed by atoms with Gasteiger partial charge in [-0.05, 0) is 31.1 Å². The average Bonchev–Trinajstić information content (AvgIpc) is 3.01. The Morgan fingerprint density at radius 2 is 1.88 bits per heavy atom. The maximum absolute atomic E-state index is 12.6. The summed E-state index contributed by atoms with van der Waals surface area (Å²) in [5.74, 6) is 0.213. The van der Waals surface area contributed by atoms with Crippen LogP contribution in [0.3, 0.4) is 0 Å². The van der Waals surface area contributed by atoms with Crippen molar-refractivity contribution in [1.29, 1.82) is 0 Å². The van der Waals surface area contributed by atoms with Gasteiger partial charge in [0, 0.05) is 19.6 Å². The number of hydrogen-bond donors (Lipinski definition) is 0. The number of nitrogens with zero attached hydrogens (tertiary/aromatic N) is 1. The lowest BCUT2D eigenvalue weighted by Crippen LogP contribution is -2.45. The highest BCUT2D eigenvalue weighted by Gasteiger charge is 2.38. The highest BCUT2D eigenvalue weighted by Crippen LogP contribution is 2.44. The molecule has 1 aliphatic heterocycles. The minimum atomic E-state index is -4.45. The van der Waals surface area contributed by atoms with E-state index in [0.29, 0.717) is 32.2 Å². The van der Waals surface area contributed by atoms with Crippen molar-refractivity contribution in [2.45, 2.75) is 44.6 Å². The zero-order chi connectivity index (χ0) is 17.9.